The van der Waals surface area contributed by atoms with Crippen LogP contribution in [0, 0.1) is 5.41 Å². The third-order valence-electron chi connectivity index (χ3n) is 3.16. The molecule has 3 heteroatoms. The van der Waals surface area contributed by atoms with E-state index >= 15 is 0 Å². The molecule has 1 N–H and O–H groups in total. The van der Waals surface area contributed by atoms with Crippen LogP contribution in [0.25, 0.3) is 0 Å². The van der Waals surface area contributed by atoms with Crippen LogP contribution in [0.2, 0.25) is 0 Å². The first-order valence-corrected chi connectivity index (χ1v) is 7.55. The number of hydrogen-bond donors (Lipinski definition) is 1. The molecular weight excluding hydrogens is 248 g/mol. The second kappa shape index (κ2) is 7.32. The van der Waals surface area contributed by atoms with Crippen LogP contribution in [0.1, 0.15) is 47.5 Å². The first kappa shape index (κ1) is 16.5. The summed E-state index contributed by atoms with van der Waals surface area (Å²) in [7, 11) is 0. The number of carbonyl (C=O) groups excluding carboxylic acids is 1. The first-order chi connectivity index (χ1) is 9.38. The number of amides is 1. The third-order valence-corrected chi connectivity index (χ3v) is 3.16. The Labute approximate surface area is 123 Å². The van der Waals surface area contributed by atoms with Crippen LogP contribution in [-0.4, -0.2) is 19.0 Å². The molecule has 0 fully saturated rings. The van der Waals surface area contributed by atoms with E-state index in [1.807, 2.05) is 32.9 Å². The molecule has 0 aliphatic carbocycles. The van der Waals surface area contributed by atoms with Crippen molar-refractivity contribution >= 4 is 17.3 Å². The maximum absolute atomic E-state index is 11.9. The molecule has 0 radical (unpaired) electrons. The molecule has 112 valence electrons. The van der Waals surface area contributed by atoms with E-state index in [0.29, 0.717) is 0 Å². The molecule has 0 aliphatic rings. The van der Waals surface area contributed by atoms with Gasteiger partial charge in [-0.3, -0.25) is 4.79 Å². The SMILES string of the molecule is CCCN(CCC)c1ccc(NC(=O)C(C)(C)C)cc1. The lowest BCUT2D eigenvalue weighted by molar-refractivity contribution is -0.123. The van der Waals surface area contributed by atoms with Gasteiger partial charge < -0.3 is 10.2 Å². The van der Waals surface area contributed by atoms with Crippen molar-refractivity contribution in [1.29, 1.82) is 0 Å². The summed E-state index contributed by atoms with van der Waals surface area (Å²) in [6.07, 6.45) is 2.28. The van der Waals surface area contributed by atoms with Gasteiger partial charge in [-0.2, -0.15) is 0 Å². The van der Waals surface area contributed by atoms with Gasteiger partial charge in [-0.25, -0.2) is 0 Å². The van der Waals surface area contributed by atoms with Gasteiger partial charge >= 0.3 is 0 Å². The van der Waals surface area contributed by atoms with E-state index in [4.69, 9.17) is 0 Å². The van der Waals surface area contributed by atoms with Crippen LogP contribution in [0.3, 0.4) is 0 Å². The van der Waals surface area contributed by atoms with E-state index in [-0.39, 0.29) is 11.3 Å². The Hall–Kier alpha value is -1.51. The molecule has 0 saturated carbocycles. The summed E-state index contributed by atoms with van der Waals surface area (Å²) in [5, 5.41) is 2.95. The van der Waals surface area contributed by atoms with Gasteiger partial charge in [0.2, 0.25) is 5.91 Å². The molecule has 0 bridgehead atoms. The minimum Gasteiger partial charge on any atom is -0.372 e. The lowest BCUT2D eigenvalue weighted by Crippen LogP contribution is -2.27. The van der Waals surface area contributed by atoms with Crippen molar-refractivity contribution in [2.75, 3.05) is 23.3 Å². The molecule has 1 amide bonds. The summed E-state index contributed by atoms with van der Waals surface area (Å²) in [4.78, 5) is 14.3. The lowest BCUT2D eigenvalue weighted by Gasteiger charge is -2.24. The Kier molecular flexibility index (Phi) is 6.05. The lowest BCUT2D eigenvalue weighted by atomic mass is 9.95. The largest absolute Gasteiger partial charge is 0.372 e. The van der Waals surface area contributed by atoms with Gasteiger partial charge in [-0.1, -0.05) is 34.6 Å². The number of nitrogens with zero attached hydrogens (tertiary/aromatic N) is 1. The standard InChI is InChI=1S/C17H28N2O/c1-6-12-19(13-7-2)15-10-8-14(9-11-15)18-16(20)17(3,4)5/h8-11H,6-7,12-13H2,1-5H3,(H,18,20). The van der Waals surface area contributed by atoms with Gasteiger partial charge in [0.05, 0.1) is 0 Å². The molecule has 0 spiro atoms. The molecular formula is C17H28N2O. The highest BCUT2D eigenvalue weighted by Gasteiger charge is 2.21. The predicted octanol–water partition coefficient (Wildman–Crippen LogP) is 4.30. The molecule has 1 rings (SSSR count). The average molecular weight is 276 g/mol. The van der Waals surface area contributed by atoms with E-state index in [1.165, 1.54) is 5.69 Å². The fraction of sp³-hybridized carbons (Fsp3) is 0.588. The Balaban J connectivity index is 2.75. The quantitative estimate of drug-likeness (QED) is 0.840. The summed E-state index contributed by atoms with van der Waals surface area (Å²) in [6, 6.07) is 8.14. The maximum atomic E-state index is 11.9. The summed E-state index contributed by atoms with van der Waals surface area (Å²) < 4.78 is 0. The van der Waals surface area contributed by atoms with Crippen molar-refractivity contribution in [2.45, 2.75) is 47.5 Å². The zero-order valence-corrected chi connectivity index (χ0v) is 13.5. The topological polar surface area (TPSA) is 32.3 Å². The number of nitrogens with one attached hydrogen (secondary N) is 1. The normalized spacial score (nSPS) is 11.2. The van der Waals surface area contributed by atoms with E-state index < -0.39 is 0 Å². The van der Waals surface area contributed by atoms with E-state index in [0.717, 1.165) is 31.6 Å². The number of anilines is 2. The molecule has 1 aromatic carbocycles. The molecule has 1 aromatic rings. The number of rotatable bonds is 6. The van der Waals surface area contributed by atoms with Crippen LogP contribution in [-0.2, 0) is 4.79 Å². The first-order valence-electron chi connectivity index (χ1n) is 7.55. The van der Waals surface area contributed by atoms with Gasteiger partial charge in [0.15, 0.2) is 0 Å². The number of benzene rings is 1. The Bertz CT molecular complexity index is 412. The predicted molar refractivity (Wildman–Crippen MR) is 87.3 cm³/mol. The molecule has 0 aromatic heterocycles. The maximum Gasteiger partial charge on any atom is 0.229 e. The average Bonchev–Trinajstić information content (AvgIpc) is 2.38. The number of carbonyl (C=O) groups is 1. The van der Waals surface area contributed by atoms with Crippen LogP contribution in [0.5, 0.6) is 0 Å². The Morgan fingerprint density at radius 2 is 1.55 bits per heavy atom. The number of hydrogen-bond acceptors (Lipinski definition) is 2. The highest BCUT2D eigenvalue weighted by atomic mass is 16.2. The fourth-order valence-electron chi connectivity index (χ4n) is 1.98. The smallest absolute Gasteiger partial charge is 0.229 e. The molecule has 0 unspecified atom stereocenters. The van der Waals surface area contributed by atoms with Crippen molar-refractivity contribution in [2.24, 2.45) is 5.41 Å². The summed E-state index contributed by atoms with van der Waals surface area (Å²) in [5.74, 6) is 0.0456. The monoisotopic (exact) mass is 276 g/mol. The summed E-state index contributed by atoms with van der Waals surface area (Å²) >= 11 is 0. The highest BCUT2D eigenvalue weighted by Crippen LogP contribution is 2.21. The van der Waals surface area contributed by atoms with E-state index in [2.05, 4.69) is 36.2 Å². The highest BCUT2D eigenvalue weighted by molar-refractivity contribution is 5.94. The van der Waals surface area contributed by atoms with Crippen LogP contribution in [0.4, 0.5) is 11.4 Å². The van der Waals surface area contributed by atoms with E-state index in [9.17, 15) is 4.79 Å². The van der Waals surface area contributed by atoms with Crippen LogP contribution < -0.4 is 10.2 Å². The minimum atomic E-state index is -0.366. The molecule has 0 heterocycles. The van der Waals surface area contributed by atoms with Crippen molar-refractivity contribution in [3.8, 4) is 0 Å². The van der Waals surface area contributed by atoms with Gasteiger partial charge in [0, 0.05) is 29.9 Å². The molecule has 3 nitrogen and oxygen atoms in total. The minimum absolute atomic E-state index is 0.0456. The summed E-state index contributed by atoms with van der Waals surface area (Å²) in [6.45, 7) is 12.3. The zero-order chi connectivity index (χ0) is 15.2. The van der Waals surface area contributed by atoms with E-state index in [1.54, 1.807) is 0 Å². The van der Waals surface area contributed by atoms with Crippen molar-refractivity contribution in [1.82, 2.24) is 0 Å². The van der Waals surface area contributed by atoms with Gasteiger partial charge in [-0.15, -0.1) is 0 Å². The van der Waals surface area contributed by atoms with Crippen molar-refractivity contribution < 1.29 is 4.79 Å². The van der Waals surface area contributed by atoms with Crippen molar-refractivity contribution in [3.63, 3.8) is 0 Å². The molecule has 0 aliphatic heterocycles. The fourth-order valence-corrected chi connectivity index (χ4v) is 1.98. The molecule has 20 heavy (non-hydrogen) atoms. The second-order valence-corrected chi connectivity index (χ2v) is 6.24. The van der Waals surface area contributed by atoms with Gasteiger partial charge in [-0.05, 0) is 37.1 Å². The second-order valence-electron chi connectivity index (χ2n) is 6.24. The molecule has 0 atom stereocenters. The van der Waals surface area contributed by atoms with Crippen molar-refractivity contribution in [3.05, 3.63) is 24.3 Å². The Morgan fingerprint density at radius 3 is 1.95 bits per heavy atom. The molecule has 0 saturated heterocycles. The summed E-state index contributed by atoms with van der Waals surface area (Å²) in [5.41, 5.74) is 1.72. The third kappa shape index (κ3) is 4.87. The zero-order valence-electron chi connectivity index (χ0n) is 13.5. The van der Waals surface area contributed by atoms with Crippen LogP contribution in [0.15, 0.2) is 24.3 Å². The van der Waals surface area contributed by atoms with Gasteiger partial charge in [0.1, 0.15) is 0 Å². The van der Waals surface area contributed by atoms with Gasteiger partial charge in [0.25, 0.3) is 0 Å². The Morgan fingerprint density at radius 1 is 1.05 bits per heavy atom. The van der Waals surface area contributed by atoms with Crippen LogP contribution >= 0.6 is 0 Å².